The van der Waals surface area contributed by atoms with Crippen molar-refractivity contribution in [3.63, 3.8) is 0 Å². The molecule has 0 unspecified atom stereocenters. The number of aromatic nitrogens is 1. The minimum absolute atomic E-state index is 0.0770. The van der Waals surface area contributed by atoms with Crippen LogP contribution < -0.4 is 5.32 Å². The molecular weight excluding hydrogens is 368 g/mol. The summed E-state index contributed by atoms with van der Waals surface area (Å²) < 4.78 is 29.2. The molecule has 0 spiro atoms. The van der Waals surface area contributed by atoms with Crippen molar-refractivity contribution in [3.05, 3.63) is 11.1 Å². The molecule has 1 fully saturated rings. The largest absolute Gasteiger partial charge is 0.466 e. The van der Waals surface area contributed by atoms with Crippen LogP contribution in [0.25, 0.3) is 0 Å². The smallest absolute Gasteiger partial charge is 0.311 e. The summed E-state index contributed by atoms with van der Waals surface area (Å²) >= 11 is 1.25. The topological polar surface area (TPSA) is 109 Å². The van der Waals surface area contributed by atoms with E-state index in [1.54, 1.807) is 12.3 Å². The number of rotatable bonds is 7. The summed E-state index contributed by atoms with van der Waals surface area (Å²) in [6.45, 7) is 4.00. The van der Waals surface area contributed by atoms with Gasteiger partial charge in [0.05, 0.1) is 31.5 Å². The van der Waals surface area contributed by atoms with Crippen LogP contribution in [-0.4, -0.2) is 80.1 Å². The summed E-state index contributed by atoms with van der Waals surface area (Å²) in [5, 5.41) is 4.83. The maximum Gasteiger partial charge on any atom is 0.311 e. The number of piperazine rings is 1. The Morgan fingerprint density at radius 3 is 2.60 bits per heavy atom. The number of sulfonamides is 1. The van der Waals surface area contributed by atoms with E-state index in [0.29, 0.717) is 43.6 Å². The number of nitrogens with zero attached hydrogens (tertiary/aromatic N) is 3. The van der Waals surface area contributed by atoms with Gasteiger partial charge in [0, 0.05) is 31.6 Å². The van der Waals surface area contributed by atoms with Gasteiger partial charge < -0.3 is 10.1 Å². The third kappa shape index (κ3) is 6.34. The van der Waals surface area contributed by atoms with Gasteiger partial charge in [0.25, 0.3) is 0 Å². The van der Waals surface area contributed by atoms with Crippen molar-refractivity contribution in [3.8, 4) is 0 Å². The molecule has 2 rings (SSSR count). The number of hydrogen-bond acceptors (Lipinski definition) is 8. The number of ether oxygens (including phenoxy) is 1. The molecule has 11 heteroatoms. The highest BCUT2D eigenvalue weighted by Gasteiger charge is 2.24. The zero-order valence-electron chi connectivity index (χ0n) is 14.2. The standard InChI is InChI=1S/C14H22N4O5S2/c1-3-23-13(20)8-11-10-24-14(15-11)16-12(19)9-17-4-6-18(7-5-17)25(2,21)22/h10H,3-9H2,1-2H3,(H,15,16,19). The van der Waals surface area contributed by atoms with Gasteiger partial charge in [-0.15, -0.1) is 11.3 Å². The third-order valence-corrected chi connectivity index (χ3v) is 5.71. The van der Waals surface area contributed by atoms with Gasteiger partial charge in [-0.2, -0.15) is 4.31 Å². The summed E-state index contributed by atoms with van der Waals surface area (Å²) in [5.74, 6) is -0.570. The molecule has 0 radical (unpaired) electrons. The number of nitrogens with one attached hydrogen (secondary N) is 1. The Morgan fingerprint density at radius 1 is 1.32 bits per heavy atom. The lowest BCUT2D eigenvalue weighted by Crippen LogP contribution is -2.50. The lowest BCUT2D eigenvalue weighted by molar-refractivity contribution is -0.142. The zero-order chi connectivity index (χ0) is 18.4. The molecule has 1 aliphatic heterocycles. The fourth-order valence-electron chi connectivity index (χ4n) is 2.39. The van der Waals surface area contributed by atoms with E-state index in [2.05, 4.69) is 10.3 Å². The number of anilines is 1. The molecule has 1 saturated heterocycles. The van der Waals surface area contributed by atoms with E-state index in [1.165, 1.54) is 21.9 Å². The normalized spacial score (nSPS) is 16.6. The summed E-state index contributed by atoms with van der Waals surface area (Å²) in [6, 6.07) is 0. The van der Waals surface area contributed by atoms with Gasteiger partial charge >= 0.3 is 5.97 Å². The lowest BCUT2D eigenvalue weighted by atomic mass is 10.3. The molecule has 2 heterocycles. The van der Waals surface area contributed by atoms with Crippen molar-refractivity contribution in [2.75, 3.05) is 50.9 Å². The molecule has 25 heavy (non-hydrogen) atoms. The first-order valence-electron chi connectivity index (χ1n) is 7.85. The average molecular weight is 390 g/mol. The van der Waals surface area contributed by atoms with E-state index in [4.69, 9.17) is 4.74 Å². The second-order valence-electron chi connectivity index (χ2n) is 5.61. The summed E-state index contributed by atoms with van der Waals surface area (Å²) in [6.07, 6.45) is 1.26. The lowest BCUT2D eigenvalue weighted by Gasteiger charge is -2.32. The van der Waals surface area contributed by atoms with Gasteiger partial charge in [-0.3, -0.25) is 14.5 Å². The van der Waals surface area contributed by atoms with E-state index in [9.17, 15) is 18.0 Å². The van der Waals surface area contributed by atoms with Gasteiger partial charge in [0.15, 0.2) is 5.13 Å². The van der Waals surface area contributed by atoms with Crippen LogP contribution in [0.15, 0.2) is 5.38 Å². The Kier molecular flexibility index (Phi) is 6.87. The van der Waals surface area contributed by atoms with E-state index >= 15 is 0 Å². The van der Waals surface area contributed by atoms with Crippen LogP contribution in [0.3, 0.4) is 0 Å². The number of amides is 1. The first-order valence-corrected chi connectivity index (χ1v) is 10.6. The van der Waals surface area contributed by atoms with Crippen LogP contribution in [0.5, 0.6) is 0 Å². The molecule has 1 N–H and O–H groups in total. The Morgan fingerprint density at radius 2 is 2.00 bits per heavy atom. The maximum atomic E-state index is 12.1. The number of carbonyl (C=O) groups excluding carboxylic acids is 2. The average Bonchev–Trinajstić information content (AvgIpc) is 2.93. The van der Waals surface area contributed by atoms with E-state index in [-0.39, 0.29) is 24.8 Å². The van der Waals surface area contributed by atoms with Gasteiger partial charge in [0.2, 0.25) is 15.9 Å². The molecule has 0 aromatic carbocycles. The minimum atomic E-state index is -3.18. The van der Waals surface area contributed by atoms with Crippen molar-refractivity contribution < 1.29 is 22.7 Å². The fourth-order valence-corrected chi connectivity index (χ4v) is 3.94. The van der Waals surface area contributed by atoms with Crippen molar-refractivity contribution in [2.45, 2.75) is 13.3 Å². The number of thiazole rings is 1. The summed E-state index contributed by atoms with van der Waals surface area (Å²) in [4.78, 5) is 29.6. The Balaban J connectivity index is 1.78. The van der Waals surface area contributed by atoms with E-state index in [0.717, 1.165) is 0 Å². The second-order valence-corrected chi connectivity index (χ2v) is 8.45. The monoisotopic (exact) mass is 390 g/mol. The van der Waals surface area contributed by atoms with Gasteiger partial charge in [-0.25, -0.2) is 13.4 Å². The van der Waals surface area contributed by atoms with Crippen LogP contribution in [0.1, 0.15) is 12.6 Å². The van der Waals surface area contributed by atoms with E-state index in [1.807, 2.05) is 4.90 Å². The third-order valence-electron chi connectivity index (χ3n) is 3.60. The molecule has 140 valence electrons. The molecule has 1 aromatic rings. The Hall–Kier alpha value is -1.56. The van der Waals surface area contributed by atoms with Crippen LogP contribution >= 0.6 is 11.3 Å². The molecule has 1 aliphatic rings. The fraction of sp³-hybridized carbons (Fsp3) is 0.643. The maximum absolute atomic E-state index is 12.1. The van der Waals surface area contributed by atoms with Gasteiger partial charge in [-0.1, -0.05) is 0 Å². The molecule has 1 amide bonds. The number of esters is 1. The minimum Gasteiger partial charge on any atom is -0.466 e. The highest BCUT2D eigenvalue weighted by Crippen LogP contribution is 2.16. The number of hydrogen-bond donors (Lipinski definition) is 1. The first kappa shape index (κ1) is 19.8. The van der Waals surface area contributed by atoms with Crippen molar-refractivity contribution >= 4 is 38.4 Å². The predicted octanol–water partition coefficient (Wildman–Crippen LogP) is -0.236. The molecule has 0 bridgehead atoms. The molecule has 9 nitrogen and oxygen atoms in total. The highest BCUT2D eigenvalue weighted by molar-refractivity contribution is 7.88. The van der Waals surface area contributed by atoms with Crippen LogP contribution in [0.2, 0.25) is 0 Å². The first-order chi connectivity index (χ1) is 11.8. The summed E-state index contributed by atoms with van der Waals surface area (Å²) in [7, 11) is -3.18. The summed E-state index contributed by atoms with van der Waals surface area (Å²) in [5.41, 5.74) is 0.556. The Bertz CT molecular complexity index is 711. The van der Waals surface area contributed by atoms with Gasteiger partial charge in [0.1, 0.15) is 0 Å². The second kappa shape index (κ2) is 8.70. The molecular formula is C14H22N4O5S2. The predicted molar refractivity (Wildman–Crippen MR) is 93.9 cm³/mol. The van der Waals surface area contributed by atoms with Gasteiger partial charge in [-0.05, 0) is 6.92 Å². The van der Waals surface area contributed by atoms with Crippen molar-refractivity contribution in [1.29, 1.82) is 0 Å². The molecule has 1 aromatic heterocycles. The van der Waals surface area contributed by atoms with Crippen molar-refractivity contribution in [2.24, 2.45) is 0 Å². The Labute approximate surface area is 151 Å². The SMILES string of the molecule is CCOC(=O)Cc1csc(NC(=O)CN2CCN(S(C)(=O)=O)CC2)n1. The highest BCUT2D eigenvalue weighted by atomic mass is 32.2. The molecule has 0 aliphatic carbocycles. The molecule has 0 atom stereocenters. The number of carbonyl (C=O) groups is 2. The quantitative estimate of drug-likeness (QED) is 0.640. The van der Waals surface area contributed by atoms with Crippen LogP contribution in [0.4, 0.5) is 5.13 Å². The van der Waals surface area contributed by atoms with Crippen LogP contribution in [-0.2, 0) is 30.8 Å². The molecule has 0 saturated carbocycles. The van der Waals surface area contributed by atoms with Crippen molar-refractivity contribution in [1.82, 2.24) is 14.2 Å². The van der Waals surface area contributed by atoms with E-state index < -0.39 is 10.0 Å². The van der Waals surface area contributed by atoms with Crippen LogP contribution in [0, 0.1) is 0 Å². The zero-order valence-corrected chi connectivity index (χ0v) is 15.9.